The summed E-state index contributed by atoms with van der Waals surface area (Å²) in [5.74, 6) is 0.770. The van der Waals surface area contributed by atoms with Crippen LogP contribution in [0.5, 0.6) is 0 Å². The lowest BCUT2D eigenvalue weighted by atomic mass is 10.0. The van der Waals surface area contributed by atoms with Gasteiger partial charge in [-0.1, -0.05) is 13.8 Å². The van der Waals surface area contributed by atoms with Crippen LogP contribution in [0.15, 0.2) is 16.3 Å². The van der Waals surface area contributed by atoms with Gasteiger partial charge in [-0.15, -0.1) is 0 Å². The lowest BCUT2D eigenvalue weighted by Gasteiger charge is -2.04. The minimum Gasteiger partial charge on any atom is -0.266 e. The molecule has 0 fully saturated rings. The van der Waals surface area contributed by atoms with Crippen LogP contribution >= 0.6 is 0 Å². The Morgan fingerprint density at radius 1 is 1.60 bits per heavy atom. The molecule has 0 amide bonds. The molecule has 1 rings (SSSR count). The number of allylic oxidation sites excluding steroid dienone is 2. The lowest BCUT2D eigenvalue weighted by molar-refractivity contribution is 0.636. The van der Waals surface area contributed by atoms with Gasteiger partial charge < -0.3 is 0 Å². The molecule has 1 nitrogen and oxygen atoms in total. The van der Waals surface area contributed by atoms with Gasteiger partial charge in [0, 0.05) is 18.3 Å². The van der Waals surface area contributed by atoms with E-state index in [1.165, 1.54) is 17.7 Å². The monoisotopic (exact) mass is 137 g/mol. The van der Waals surface area contributed by atoms with E-state index in [0.29, 0.717) is 0 Å². The topological polar surface area (TPSA) is 12.4 Å². The highest BCUT2D eigenvalue weighted by molar-refractivity contribution is 5.66. The number of hydrogen-bond donors (Lipinski definition) is 0. The highest BCUT2D eigenvalue weighted by Crippen LogP contribution is 2.21. The maximum absolute atomic E-state index is 4.23. The second-order valence-corrected chi connectivity index (χ2v) is 3.30. The van der Waals surface area contributed by atoms with Crippen molar-refractivity contribution in [2.45, 2.75) is 33.6 Å². The molecule has 10 heavy (non-hydrogen) atoms. The predicted molar refractivity (Wildman–Crippen MR) is 45.3 cm³/mol. The van der Waals surface area contributed by atoms with Crippen molar-refractivity contribution in [3.05, 3.63) is 11.3 Å². The lowest BCUT2D eigenvalue weighted by Crippen LogP contribution is -1.90. The zero-order chi connectivity index (χ0) is 7.56. The molecule has 56 valence electrons. The third-order valence-corrected chi connectivity index (χ3v) is 1.79. The zero-order valence-corrected chi connectivity index (χ0v) is 7.02. The molecule has 0 radical (unpaired) electrons. The van der Waals surface area contributed by atoms with Crippen molar-refractivity contribution in [3.8, 4) is 0 Å². The van der Waals surface area contributed by atoms with Gasteiger partial charge in [0.15, 0.2) is 0 Å². The minimum absolute atomic E-state index is 0.770. The van der Waals surface area contributed by atoms with E-state index in [-0.39, 0.29) is 0 Å². The van der Waals surface area contributed by atoms with Gasteiger partial charge in [0.2, 0.25) is 0 Å². The van der Waals surface area contributed by atoms with E-state index in [9.17, 15) is 0 Å². The number of rotatable bonds is 2. The largest absolute Gasteiger partial charge is 0.266 e. The van der Waals surface area contributed by atoms with Gasteiger partial charge in [-0.3, -0.25) is 4.99 Å². The molecule has 0 aromatic heterocycles. The van der Waals surface area contributed by atoms with Crippen LogP contribution in [-0.4, -0.2) is 6.21 Å². The van der Waals surface area contributed by atoms with Crippen molar-refractivity contribution in [2.24, 2.45) is 10.9 Å². The second-order valence-electron chi connectivity index (χ2n) is 3.30. The Hall–Kier alpha value is -0.590. The van der Waals surface area contributed by atoms with E-state index in [4.69, 9.17) is 0 Å². The highest BCUT2D eigenvalue weighted by Gasteiger charge is 2.07. The van der Waals surface area contributed by atoms with Crippen molar-refractivity contribution < 1.29 is 0 Å². The predicted octanol–water partition coefficient (Wildman–Crippen LogP) is 2.78. The molecule has 1 heterocycles. The third kappa shape index (κ3) is 1.69. The van der Waals surface area contributed by atoms with Crippen LogP contribution in [0.25, 0.3) is 0 Å². The van der Waals surface area contributed by atoms with Crippen LogP contribution in [0.1, 0.15) is 33.6 Å². The van der Waals surface area contributed by atoms with Gasteiger partial charge in [0.25, 0.3) is 0 Å². The van der Waals surface area contributed by atoms with E-state index in [1.807, 2.05) is 6.21 Å². The van der Waals surface area contributed by atoms with Crippen LogP contribution in [-0.2, 0) is 0 Å². The average molecular weight is 137 g/mol. The van der Waals surface area contributed by atoms with Crippen LogP contribution in [0.4, 0.5) is 0 Å². The number of aliphatic imine (C=N–C) groups is 1. The fraction of sp³-hybridized carbons (Fsp3) is 0.667. The Balaban J connectivity index is 2.51. The molecule has 0 atom stereocenters. The molecule has 0 aliphatic carbocycles. The van der Waals surface area contributed by atoms with E-state index >= 15 is 0 Å². The summed E-state index contributed by atoms with van der Waals surface area (Å²) in [4.78, 5) is 4.23. The normalized spacial score (nSPS) is 17.6. The zero-order valence-electron chi connectivity index (χ0n) is 7.02. The maximum Gasteiger partial charge on any atom is 0.0364 e. The Bertz CT molecular complexity index is 175. The molecule has 0 N–H and O–H groups in total. The minimum atomic E-state index is 0.770. The molecule has 0 unspecified atom stereocenters. The molecule has 0 aromatic carbocycles. The first-order valence-electron chi connectivity index (χ1n) is 3.91. The smallest absolute Gasteiger partial charge is 0.0364 e. The van der Waals surface area contributed by atoms with Crippen molar-refractivity contribution in [1.82, 2.24) is 0 Å². The first kappa shape index (κ1) is 7.52. The molecule has 0 saturated heterocycles. The molecule has 0 saturated carbocycles. The molecule has 1 heteroatoms. The van der Waals surface area contributed by atoms with Gasteiger partial charge in [-0.25, -0.2) is 0 Å². The van der Waals surface area contributed by atoms with Crippen LogP contribution in [0.3, 0.4) is 0 Å². The summed E-state index contributed by atoms with van der Waals surface area (Å²) < 4.78 is 0. The van der Waals surface area contributed by atoms with Crippen LogP contribution in [0.2, 0.25) is 0 Å². The maximum atomic E-state index is 4.23. The van der Waals surface area contributed by atoms with Crippen molar-refractivity contribution in [1.29, 1.82) is 0 Å². The second kappa shape index (κ2) is 3.00. The van der Waals surface area contributed by atoms with Crippen molar-refractivity contribution >= 4 is 6.21 Å². The molecular weight excluding hydrogens is 122 g/mol. The van der Waals surface area contributed by atoms with Crippen LogP contribution in [0, 0.1) is 5.92 Å². The highest BCUT2D eigenvalue weighted by atomic mass is 14.7. The van der Waals surface area contributed by atoms with Gasteiger partial charge in [-0.05, 0) is 24.8 Å². The summed E-state index contributed by atoms with van der Waals surface area (Å²) in [7, 11) is 0. The van der Waals surface area contributed by atoms with E-state index in [0.717, 1.165) is 12.3 Å². The number of nitrogens with zero attached hydrogens (tertiary/aromatic N) is 1. The summed E-state index contributed by atoms with van der Waals surface area (Å²) >= 11 is 0. The molecule has 0 spiro atoms. The van der Waals surface area contributed by atoms with Crippen molar-refractivity contribution in [2.75, 3.05) is 0 Å². The van der Waals surface area contributed by atoms with Crippen molar-refractivity contribution in [3.63, 3.8) is 0 Å². The van der Waals surface area contributed by atoms with E-state index in [2.05, 4.69) is 25.8 Å². The van der Waals surface area contributed by atoms with E-state index < -0.39 is 0 Å². The summed E-state index contributed by atoms with van der Waals surface area (Å²) in [6.45, 7) is 6.60. The first-order chi connectivity index (χ1) is 4.70. The number of hydrogen-bond acceptors (Lipinski definition) is 1. The van der Waals surface area contributed by atoms with Gasteiger partial charge in [-0.2, -0.15) is 0 Å². The Kier molecular flexibility index (Phi) is 2.25. The molecular formula is C9H15N. The average Bonchev–Trinajstić information content (AvgIpc) is 2.15. The summed E-state index contributed by atoms with van der Waals surface area (Å²) in [5, 5.41) is 0. The summed E-state index contributed by atoms with van der Waals surface area (Å²) in [5.41, 5.74) is 2.77. The van der Waals surface area contributed by atoms with Crippen LogP contribution < -0.4 is 0 Å². The fourth-order valence-electron chi connectivity index (χ4n) is 1.26. The molecule has 0 aromatic rings. The summed E-state index contributed by atoms with van der Waals surface area (Å²) in [6.07, 6.45) is 4.31. The first-order valence-corrected chi connectivity index (χ1v) is 3.91. The van der Waals surface area contributed by atoms with Gasteiger partial charge in [0.1, 0.15) is 0 Å². The standard InChI is InChI=1S/C9H15N/c1-7(2)6-9-4-5-10-8(9)3/h5,7H,4,6H2,1-3H3. The van der Waals surface area contributed by atoms with Gasteiger partial charge in [0.05, 0.1) is 0 Å². The van der Waals surface area contributed by atoms with Gasteiger partial charge >= 0.3 is 0 Å². The Labute approximate surface area is 62.9 Å². The summed E-state index contributed by atoms with van der Waals surface area (Å²) in [6, 6.07) is 0. The SMILES string of the molecule is CC1=C(CC(C)C)CC=N1. The molecule has 1 aliphatic rings. The fourth-order valence-corrected chi connectivity index (χ4v) is 1.26. The quantitative estimate of drug-likeness (QED) is 0.555. The Morgan fingerprint density at radius 2 is 2.30 bits per heavy atom. The Morgan fingerprint density at radius 3 is 2.70 bits per heavy atom. The molecule has 1 aliphatic heterocycles. The molecule has 0 bridgehead atoms. The van der Waals surface area contributed by atoms with E-state index in [1.54, 1.807) is 0 Å². The third-order valence-electron chi connectivity index (χ3n) is 1.79.